The molecule has 0 unspecified atom stereocenters. The third kappa shape index (κ3) is 2.73. The van der Waals surface area contributed by atoms with E-state index in [-0.39, 0.29) is 23.8 Å². The third-order valence-electron chi connectivity index (χ3n) is 1.29. The number of nitrogens with one attached hydrogen (secondary N) is 2. The van der Waals surface area contributed by atoms with E-state index in [1.807, 2.05) is 0 Å². The van der Waals surface area contributed by atoms with E-state index in [4.69, 9.17) is 5.73 Å². The first kappa shape index (κ1) is 9.96. The monoisotopic (exact) mass is 199 g/mol. The second-order valence-corrected chi connectivity index (χ2v) is 2.50. The molecular weight excluding hydrogens is 190 g/mol. The molecule has 0 saturated carbocycles. The number of rotatable bonds is 2. The second kappa shape index (κ2) is 4.21. The Kier molecular flexibility index (Phi) is 3.00. The first-order valence-corrected chi connectivity index (χ1v) is 3.72. The summed E-state index contributed by atoms with van der Waals surface area (Å²) in [6, 6.07) is 0. The highest BCUT2D eigenvalue weighted by molar-refractivity contribution is 5.82. The number of anilines is 1. The summed E-state index contributed by atoms with van der Waals surface area (Å²) in [4.78, 5) is 21.5. The van der Waals surface area contributed by atoms with Crippen LogP contribution in [0.1, 0.15) is 12.6 Å². The molecule has 0 spiro atoms. The van der Waals surface area contributed by atoms with Crippen molar-refractivity contribution in [3.63, 3.8) is 0 Å². The van der Waals surface area contributed by atoms with E-state index in [2.05, 4.69) is 25.8 Å². The van der Waals surface area contributed by atoms with Gasteiger partial charge in [-0.2, -0.15) is 0 Å². The van der Waals surface area contributed by atoms with Crippen LogP contribution in [0.4, 0.5) is 5.82 Å². The van der Waals surface area contributed by atoms with Crippen molar-refractivity contribution < 1.29 is 14.2 Å². The Balaban J connectivity index is 2.42. The fourth-order valence-corrected chi connectivity index (χ4v) is 0.690. The summed E-state index contributed by atoms with van der Waals surface area (Å²) in [6.07, 6.45) is -0.102. The standard InChI is InChI=1S/C6H9N5O3/c1-3(12)8-9-5(13)2-4-6(7)11-14-10-4/h2H2,1H3,(H2,7,11)(H,8,12)(H,9,13). The van der Waals surface area contributed by atoms with Gasteiger partial charge in [-0.15, -0.1) is 0 Å². The molecule has 0 radical (unpaired) electrons. The van der Waals surface area contributed by atoms with Gasteiger partial charge in [-0.1, -0.05) is 5.16 Å². The summed E-state index contributed by atoms with van der Waals surface area (Å²) in [7, 11) is 0. The number of carbonyl (C=O) groups is 2. The first-order chi connectivity index (χ1) is 6.59. The van der Waals surface area contributed by atoms with Crippen LogP contribution in [0, 0.1) is 0 Å². The molecule has 1 aromatic rings. The van der Waals surface area contributed by atoms with Gasteiger partial charge in [-0.3, -0.25) is 20.4 Å². The minimum atomic E-state index is -0.456. The van der Waals surface area contributed by atoms with Crippen molar-refractivity contribution in [3.05, 3.63) is 5.69 Å². The molecule has 0 aromatic carbocycles. The molecule has 0 atom stereocenters. The van der Waals surface area contributed by atoms with Crippen LogP contribution in [-0.2, 0) is 16.0 Å². The van der Waals surface area contributed by atoms with Crippen LogP contribution < -0.4 is 16.6 Å². The molecule has 0 aliphatic heterocycles. The normalized spacial score (nSPS) is 9.50. The Bertz CT molecular complexity index is 347. The summed E-state index contributed by atoms with van der Waals surface area (Å²) in [5.41, 5.74) is 9.80. The summed E-state index contributed by atoms with van der Waals surface area (Å²) in [5, 5.41) is 6.69. The highest BCUT2D eigenvalue weighted by Crippen LogP contribution is 2.03. The number of aromatic nitrogens is 2. The van der Waals surface area contributed by atoms with Gasteiger partial charge in [-0.05, 0) is 5.16 Å². The minimum absolute atomic E-state index is 0.0583. The molecule has 8 heteroatoms. The van der Waals surface area contributed by atoms with Gasteiger partial charge >= 0.3 is 0 Å². The van der Waals surface area contributed by atoms with Crippen molar-refractivity contribution >= 4 is 17.6 Å². The van der Waals surface area contributed by atoms with Gasteiger partial charge in [0.05, 0.1) is 6.42 Å². The zero-order valence-corrected chi connectivity index (χ0v) is 7.40. The average Bonchev–Trinajstić information content (AvgIpc) is 2.49. The molecule has 1 aromatic heterocycles. The summed E-state index contributed by atoms with van der Waals surface area (Å²) < 4.78 is 4.28. The van der Waals surface area contributed by atoms with E-state index in [0.29, 0.717) is 0 Å². The van der Waals surface area contributed by atoms with Crippen LogP contribution >= 0.6 is 0 Å². The summed E-state index contributed by atoms with van der Waals surface area (Å²) in [6.45, 7) is 1.27. The lowest BCUT2D eigenvalue weighted by Gasteiger charge is -2.02. The number of nitrogens with two attached hydrogens (primary N) is 1. The van der Waals surface area contributed by atoms with E-state index >= 15 is 0 Å². The number of hydrogen-bond acceptors (Lipinski definition) is 6. The first-order valence-electron chi connectivity index (χ1n) is 3.72. The highest BCUT2D eigenvalue weighted by atomic mass is 16.6. The van der Waals surface area contributed by atoms with Crippen LogP contribution in [0.3, 0.4) is 0 Å². The molecule has 0 fully saturated rings. The maximum Gasteiger partial charge on any atom is 0.244 e. The molecule has 0 aliphatic carbocycles. The van der Waals surface area contributed by atoms with Gasteiger partial charge in [0.15, 0.2) is 5.82 Å². The maximum atomic E-state index is 11.1. The Morgan fingerprint density at radius 1 is 1.43 bits per heavy atom. The van der Waals surface area contributed by atoms with Gasteiger partial charge in [0.25, 0.3) is 0 Å². The molecule has 1 rings (SSSR count). The number of hydrazine groups is 1. The van der Waals surface area contributed by atoms with Gasteiger partial charge in [0.2, 0.25) is 11.8 Å². The predicted molar refractivity (Wildman–Crippen MR) is 44.4 cm³/mol. The minimum Gasteiger partial charge on any atom is -0.379 e. The van der Waals surface area contributed by atoms with Crippen LogP contribution in [0.2, 0.25) is 0 Å². The van der Waals surface area contributed by atoms with Crippen molar-refractivity contribution in [2.45, 2.75) is 13.3 Å². The SMILES string of the molecule is CC(=O)NNC(=O)Cc1nonc1N. The van der Waals surface area contributed by atoms with Crippen LogP contribution in [-0.4, -0.2) is 22.1 Å². The number of nitrogen functional groups attached to an aromatic ring is 1. The number of amides is 2. The van der Waals surface area contributed by atoms with Crippen molar-refractivity contribution in [2.75, 3.05) is 5.73 Å². The third-order valence-corrected chi connectivity index (χ3v) is 1.29. The highest BCUT2D eigenvalue weighted by Gasteiger charge is 2.11. The van der Waals surface area contributed by atoms with Gasteiger partial charge in [0, 0.05) is 6.92 Å². The van der Waals surface area contributed by atoms with Gasteiger partial charge in [-0.25, -0.2) is 4.63 Å². The molecule has 0 saturated heterocycles. The van der Waals surface area contributed by atoms with Gasteiger partial charge in [0.1, 0.15) is 5.69 Å². The molecule has 2 amide bonds. The second-order valence-electron chi connectivity index (χ2n) is 2.50. The zero-order chi connectivity index (χ0) is 10.6. The largest absolute Gasteiger partial charge is 0.379 e. The average molecular weight is 199 g/mol. The van der Waals surface area contributed by atoms with Crippen molar-refractivity contribution in [1.29, 1.82) is 0 Å². The molecular formula is C6H9N5O3. The quantitative estimate of drug-likeness (QED) is 0.491. The molecule has 14 heavy (non-hydrogen) atoms. The number of carbonyl (C=O) groups excluding carboxylic acids is 2. The number of nitrogens with zero attached hydrogens (tertiary/aromatic N) is 2. The Labute approximate surface area is 78.8 Å². The van der Waals surface area contributed by atoms with Gasteiger partial charge < -0.3 is 5.73 Å². The molecule has 76 valence electrons. The Morgan fingerprint density at radius 2 is 2.14 bits per heavy atom. The predicted octanol–water partition coefficient (Wildman–Crippen LogP) is -1.64. The van der Waals surface area contributed by atoms with Crippen LogP contribution in [0.25, 0.3) is 0 Å². The lowest BCUT2D eigenvalue weighted by atomic mass is 10.3. The summed E-state index contributed by atoms with van der Waals surface area (Å²) in [5.74, 6) is -0.768. The molecule has 0 bridgehead atoms. The molecule has 8 nitrogen and oxygen atoms in total. The molecule has 4 N–H and O–H groups in total. The topological polar surface area (TPSA) is 123 Å². The van der Waals surface area contributed by atoms with E-state index in [1.165, 1.54) is 6.92 Å². The molecule has 1 heterocycles. The lowest BCUT2D eigenvalue weighted by molar-refractivity contribution is -0.127. The fraction of sp³-hybridized carbons (Fsp3) is 0.333. The van der Waals surface area contributed by atoms with E-state index < -0.39 is 5.91 Å². The van der Waals surface area contributed by atoms with Crippen LogP contribution in [0.5, 0.6) is 0 Å². The van der Waals surface area contributed by atoms with Crippen molar-refractivity contribution in [1.82, 2.24) is 21.2 Å². The Hall–Kier alpha value is -2.12. The van der Waals surface area contributed by atoms with E-state index in [9.17, 15) is 9.59 Å². The Morgan fingerprint density at radius 3 is 2.64 bits per heavy atom. The van der Waals surface area contributed by atoms with Crippen molar-refractivity contribution in [3.8, 4) is 0 Å². The zero-order valence-electron chi connectivity index (χ0n) is 7.40. The van der Waals surface area contributed by atoms with Crippen LogP contribution in [0.15, 0.2) is 4.63 Å². The number of hydrogen-bond donors (Lipinski definition) is 3. The van der Waals surface area contributed by atoms with Crippen molar-refractivity contribution in [2.24, 2.45) is 0 Å². The molecule has 0 aliphatic rings. The smallest absolute Gasteiger partial charge is 0.244 e. The van der Waals surface area contributed by atoms with E-state index in [1.54, 1.807) is 0 Å². The fourth-order valence-electron chi connectivity index (χ4n) is 0.690. The summed E-state index contributed by atoms with van der Waals surface area (Å²) >= 11 is 0. The lowest BCUT2D eigenvalue weighted by Crippen LogP contribution is -2.41. The van der Waals surface area contributed by atoms with E-state index in [0.717, 1.165) is 0 Å². The maximum absolute atomic E-state index is 11.1.